The molecule has 110 valence electrons. The summed E-state index contributed by atoms with van der Waals surface area (Å²) in [6, 6.07) is -0.702. The minimum absolute atomic E-state index is 0.247. The van der Waals surface area contributed by atoms with Crippen LogP contribution in [0.4, 0.5) is 0 Å². The Balaban J connectivity index is 2.12. The van der Waals surface area contributed by atoms with Crippen LogP contribution in [0, 0.1) is 5.92 Å². The quantitative estimate of drug-likeness (QED) is 0.926. The summed E-state index contributed by atoms with van der Waals surface area (Å²) < 4.78 is 0. The molecule has 6 heteroatoms. The van der Waals surface area contributed by atoms with Gasteiger partial charge in [0.15, 0.2) is 0 Å². The molecular weight excluding hydrogens is 276 g/mol. The van der Waals surface area contributed by atoms with Gasteiger partial charge in [-0.25, -0.2) is 9.78 Å². The first kappa shape index (κ1) is 15.0. The van der Waals surface area contributed by atoms with Gasteiger partial charge in [0.2, 0.25) is 0 Å². The fraction of sp³-hybridized carbons (Fsp3) is 0.643. The number of aromatic nitrogens is 1. The molecule has 1 amide bonds. The summed E-state index contributed by atoms with van der Waals surface area (Å²) in [7, 11) is 0. The van der Waals surface area contributed by atoms with Crippen molar-refractivity contribution >= 4 is 23.2 Å². The third kappa shape index (κ3) is 3.36. The molecule has 1 unspecified atom stereocenters. The van der Waals surface area contributed by atoms with E-state index in [1.54, 1.807) is 5.38 Å². The van der Waals surface area contributed by atoms with Gasteiger partial charge in [-0.15, -0.1) is 11.3 Å². The summed E-state index contributed by atoms with van der Waals surface area (Å²) in [4.78, 5) is 29.5. The van der Waals surface area contributed by atoms with Crippen LogP contribution in [0.2, 0.25) is 0 Å². The highest BCUT2D eigenvalue weighted by molar-refractivity contribution is 7.09. The molecular formula is C14H20N2O3S. The van der Waals surface area contributed by atoms with Crippen LogP contribution in [-0.2, 0) is 11.2 Å². The highest BCUT2D eigenvalue weighted by Crippen LogP contribution is 2.21. The molecule has 1 aliphatic heterocycles. The summed E-state index contributed by atoms with van der Waals surface area (Å²) in [5.74, 6) is -0.676. The Bertz CT molecular complexity index is 498. The molecule has 0 saturated carbocycles. The van der Waals surface area contributed by atoms with Crippen LogP contribution in [0.3, 0.4) is 0 Å². The van der Waals surface area contributed by atoms with Gasteiger partial charge in [0.1, 0.15) is 11.7 Å². The van der Waals surface area contributed by atoms with Crippen molar-refractivity contribution in [1.29, 1.82) is 0 Å². The monoisotopic (exact) mass is 296 g/mol. The van der Waals surface area contributed by atoms with Crippen LogP contribution < -0.4 is 0 Å². The Labute approximate surface area is 122 Å². The zero-order valence-electron chi connectivity index (χ0n) is 11.8. The summed E-state index contributed by atoms with van der Waals surface area (Å²) >= 11 is 1.47. The van der Waals surface area contributed by atoms with E-state index in [0.29, 0.717) is 24.6 Å². The Morgan fingerprint density at radius 1 is 1.50 bits per heavy atom. The van der Waals surface area contributed by atoms with Crippen molar-refractivity contribution < 1.29 is 14.7 Å². The van der Waals surface area contributed by atoms with Crippen molar-refractivity contribution in [2.75, 3.05) is 6.54 Å². The van der Waals surface area contributed by atoms with E-state index >= 15 is 0 Å². The standard InChI is InChI=1S/C14H20N2O3S/c1-9(2)7-12-15-10(8-20-12)13(17)16-6-4-3-5-11(16)14(18)19/h8-9,11H,3-7H2,1-2H3,(H,18,19). The van der Waals surface area contributed by atoms with Gasteiger partial charge in [-0.2, -0.15) is 0 Å². The maximum Gasteiger partial charge on any atom is 0.326 e. The molecule has 0 bridgehead atoms. The predicted molar refractivity (Wildman–Crippen MR) is 77.0 cm³/mol. The van der Waals surface area contributed by atoms with Gasteiger partial charge in [-0.3, -0.25) is 4.79 Å². The molecule has 1 N–H and O–H groups in total. The van der Waals surface area contributed by atoms with Gasteiger partial charge in [0, 0.05) is 18.3 Å². The molecule has 1 atom stereocenters. The van der Waals surface area contributed by atoms with Crippen molar-refractivity contribution in [3.63, 3.8) is 0 Å². The van der Waals surface area contributed by atoms with E-state index in [1.165, 1.54) is 16.2 Å². The zero-order chi connectivity index (χ0) is 14.7. The largest absolute Gasteiger partial charge is 0.480 e. The smallest absolute Gasteiger partial charge is 0.326 e. The SMILES string of the molecule is CC(C)Cc1nc(C(=O)N2CCCCC2C(=O)O)cs1. The van der Waals surface area contributed by atoms with E-state index in [4.69, 9.17) is 0 Å². The van der Waals surface area contributed by atoms with E-state index in [2.05, 4.69) is 18.8 Å². The van der Waals surface area contributed by atoms with Gasteiger partial charge < -0.3 is 10.0 Å². The zero-order valence-corrected chi connectivity index (χ0v) is 12.7. The minimum atomic E-state index is -0.921. The Morgan fingerprint density at radius 3 is 2.90 bits per heavy atom. The fourth-order valence-electron chi connectivity index (χ4n) is 2.43. The second-order valence-corrected chi connectivity index (χ2v) is 6.52. The first-order valence-electron chi connectivity index (χ1n) is 6.97. The summed E-state index contributed by atoms with van der Waals surface area (Å²) in [6.45, 7) is 4.72. The molecule has 1 fully saturated rings. The van der Waals surface area contributed by atoms with Crippen molar-refractivity contribution in [2.24, 2.45) is 5.92 Å². The highest BCUT2D eigenvalue weighted by Gasteiger charge is 2.33. The molecule has 5 nitrogen and oxygen atoms in total. The molecule has 1 aromatic heterocycles. The molecule has 1 aromatic rings. The number of aliphatic carboxylic acids is 1. The number of carboxylic acids is 1. The molecule has 1 saturated heterocycles. The number of likely N-dealkylation sites (tertiary alicyclic amines) is 1. The molecule has 0 radical (unpaired) electrons. The van der Waals surface area contributed by atoms with E-state index in [-0.39, 0.29) is 5.91 Å². The number of carboxylic acid groups (broad SMARTS) is 1. The van der Waals surface area contributed by atoms with Gasteiger partial charge in [0.05, 0.1) is 5.01 Å². The summed E-state index contributed by atoms with van der Waals surface area (Å²) in [5.41, 5.74) is 0.388. The Hall–Kier alpha value is -1.43. The first-order chi connectivity index (χ1) is 9.49. The molecule has 0 aliphatic carbocycles. The van der Waals surface area contributed by atoms with Crippen molar-refractivity contribution in [2.45, 2.75) is 45.6 Å². The lowest BCUT2D eigenvalue weighted by Gasteiger charge is -2.32. The highest BCUT2D eigenvalue weighted by atomic mass is 32.1. The maximum atomic E-state index is 12.4. The second kappa shape index (κ2) is 6.35. The Kier molecular flexibility index (Phi) is 4.75. The van der Waals surface area contributed by atoms with Gasteiger partial charge in [0.25, 0.3) is 5.91 Å². The normalized spacial score (nSPS) is 19.4. The van der Waals surface area contributed by atoms with Crippen LogP contribution >= 0.6 is 11.3 Å². The topological polar surface area (TPSA) is 70.5 Å². The number of thiazole rings is 1. The van der Waals surface area contributed by atoms with Crippen molar-refractivity contribution in [1.82, 2.24) is 9.88 Å². The number of carbonyl (C=O) groups is 2. The molecule has 2 rings (SSSR count). The summed E-state index contributed by atoms with van der Waals surface area (Å²) in [6.07, 6.45) is 3.10. The molecule has 1 aliphatic rings. The Morgan fingerprint density at radius 2 is 2.25 bits per heavy atom. The number of rotatable bonds is 4. The number of hydrogen-bond donors (Lipinski definition) is 1. The minimum Gasteiger partial charge on any atom is -0.480 e. The lowest BCUT2D eigenvalue weighted by Crippen LogP contribution is -2.48. The maximum absolute atomic E-state index is 12.4. The van der Waals surface area contributed by atoms with E-state index in [0.717, 1.165) is 24.3 Å². The van der Waals surface area contributed by atoms with Crippen LogP contribution in [-0.4, -0.2) is 39.5 Å². The lowest BCUT2D eigenvalue weighted by atomic mass is 10.0. The fourth-order valence-corrected chi connectivity index (χ4v) is 3.41. The average Bonchev–Trinajstić information content (AvgIpc) is 2.85. The number of nitrogens with zero attached hydrogens (tertiary/aromatic N) is 2. The third-order valence-electron chi connectivity index (χ3n) is 3.40. The third-order valence-corrected chi connectivity index (χ3v) is 4.27. The van der Waals surface area contributed by atoms with Gasteiger partial charge >= 0.3 is 5.97 Å². The number of hydrogen-bond acceptors (Lipinski definition) is 4. The average molecular weight is 296 g/mol. The van der Waals surface area contributed by atoms with E-state index in [1.807, 2.05) is 0 Å². The number of piperidine rings is 1. The van der Waals surface area contributed by atoms with Crippen molar-refractivity contribution in [3.05, 3.63) is 16.1 Å². The van der Waals surface area contributed by atoms with E-state index in [9.17, 15) is 14.7 Å². The van der Waals surface area contributed by atoms with Crippen LogP contribution in [0.25, 0.3) is 0 Å². The molecule has 2 heterocycles. The first-order valence-corrected chi connectivity index (χ1v) is 7.85. The van der Waals surface area contributed by atoms with Crippen LogP contribution in [0.15, 0.2) is 5.38 Å². The number of carbonyl (C=O) groups excluding carboxylic acids is 1. The molecule has 0 spiro atoms. The van der Waals surface area contributed by atoms with Crippen molar-refractivity contribution in [3.8, 4) is 0 Å². The summed E-state index contributed by atoms with van der Waals surface area (Å²) in [5, 5.41) is 11.9. The van der Waals surface area contributed by atoms with Crippen LogP contribution in [0.1, 0.15) is 48.6 Å². The van der Waals surface area contributed by atoms with Gasteiger partial charge in [-0.05, 0) is 25.2 Å². The predicted octanol–water partition coefficient (Wildman–Crippen LogP) is 2.42. The number of amides is 1. The second-order valence-electron chi connectivity index (χ2n) is 5.57. The van der Waals surface area contributed by atoms with Gasteiger partial charge in [-0.1, -0.05) is 13.8 Å². The van der Waals surface area contributed by atoms with Crippen LogP contribution in [0.5, 0.6) is 0 Å². The lowest BCUT2D eigenvalue weighted by molar-refractivity contribution is -0.143. The van der Waals surface area contributed by atoms with E-state index < -0.39 is 12.0 Å². The molecule has 0 aromatic carbocycles. The molecule has 20 heavy (non-hydrogen) atoms.